The quantitative estimate of drug-likeness (QED) is 0.633. The average Bonchev–Trinajstić information content (AvgIpc) is 2.73. The molecule has 9 heteroatoms. The van der Waals surface area contributed by atoms with Crippen LogP contribution in [0.5, 0.6) is 5.75 Å². The molecule has 8 nitrogen and oxygen atoms in total. The fourth-order valence-corrected chi connectivity index (χ4v) is 5.28. The number of hydrogen-bond acceptors (Lipinski definition) is 5. The predicted molar refractivity (Wildman–Crippen MR) is 128 cm³/mol. The summed E-state index contributed by atoms with van der Waals surface area (Å²) in [7, 11) is -2.23. The summed E-state index contributed by atoms with van der Waals surface area (Å²) < 4.78 is 34.5. The maximum atomic E-state index is 13.5. The summed E-state index contributed by atoms with van der Waals surface area (Å²) in [5, 5.41) is 12.6. The van der Waals surface area contributed by atoms with Gasteiger partial charge in [-0.3, -0.25) is 0 Å². The predicted octanol–water partition coefficient (Wildman–Crippen LogP) is 2.51. The van der Waals surface area contributed by atoms with Gasteiger partial charge in [0.25, 0.3) is 0 Å². The number of nitrogens with zero attached hydrogens (tertiary/aromatic N) is 2. The molecule has 3 atom stereocenters. The van der Waals surface area contributed by atoms with Crippen molar-refractivity contribution in [3.63, 3.8) is 0 Å². The van der Waals surface area contributed by atoms with Crippen LogP contribution in [-0.4, -0.2) is 73.7 Å². The topological polar surface area (TPSA) is 99.2 Å². The molecular weight excluding hydrogens is 442 g/mol. The van der Waals surface area contributed by atoms with Gasteiger partial charge >= 0.3 is 6.03 Å². The van der Waals surface area contributed by atoms with Crippen LogP contribution in [0.2, 0.25) is 0 Å². The molecule has 33 heavy (non-hydrogen) atoms. The summed E-state index contributed by atoms with van der Waals surface area (Å²) in [5.74, 6) is 6.26. The van der Waals surface area contributed by atoms with Crippen molar-refractivity contribution in [2.75, 3.05) is 26.7 Å². The van der Waals surface area contributed by atoms with Crippen LogP contribution in [0.3, 0.4) is 0 Å². The van der Waals surface area contributed by atoms with E-state index in [1.807, 2.05) is 34.6 Å². The van der Waals surface area contributed by atoms with Gasteiger partial charge in [0.15, 0.2) is 0 Å². The first-order valence-electron chi connectivity index (χ1n) is 11.3. The summed E-state index contributed by atoms with van der Waals surface area (Å²) in [4.78, 5) is 14.0. The van der Waals surface area contributed by atoms with Gasteiger partial charge in [-0.15, -0.1) is 0 Å². The Labute approximate surface area is 198 Å². The van der Waals surface area contributed by atoms with E-state index in [0.29, 0.717) is 5.56 Å². The molecule has 184 valence electrons. The lowest BCUT2D eigenvalue weighted by Crippen LogP contribution is -2.51. The molecule has 1 aliphatic heterocycles. The second kappa shape index (κ2) is 11.2. The van der Waals surface area contributed by atoms with E-state index < -0.39 is 22.2 Å². The molecule has 0 saturated carbocycles. The highest BCUT2D eigenvalue weighted by atomic mass is 32.2. The van der Waals surface area contributed by atoms with E-state index in [4.69, 9.17) is 4.74 Å². The molecule has 0 spiro atoms. The fourth-order valence-electron chi connectivity index (χ4n) is 3.46. The molecule has 0 radical (unpaired) electrons. The molecule has 1 heterocycles. The zero-order valence-corrected chi connectivity index (χ0v) is 21.4. The van der Waals surface area contributed by atoms with E-state index in [2.05, 4.69) is 17.2 Å². The zero-order valence-electron chi connectivity index (χ0n) is 20.6. The number of sulfonamides is 1. The first-order valence-corrected chi connectivity index (χ1v) is 12.8. The number of rotatable bonds is 5. The molecule has 0 unspecified atom stereocenters. The Balaban J connectivity index is 2.53. The van der Waals surface area contributed by atoms with Crippen molar-refractivity contribution in [2.24, 2.45) is 11.8 Å². The number of nitrogens with one attached hydrogen (secondary N) is 1. The van der Waals surface area contributed by atoms with Gasteiger partial charge in [0.05, 0.1) is 13.2 Å². The highest BCUT2D eigenvalue weighted by Gasteiger charge is 2.38. The molecular formula is C24H37N3O5S. The molecule has 2 rings (SSSR count). The lowest BCUT2D eigenvalue weighted by molar-refractivity contribution is 0.0809. The van der Waals surface area contributed by atoms with Gasteiger partial charge in [0.2, 0.25) is 10.0 Å². The van der Waals surface area contributed by atoms with E-state index in [-0.39, 0.29) is 54.3 Å². The summed E-state index contributed by atoms with van der Waals surface area (Å²) in [6.45, 7) is 11.4. The van der Waals surface area contributed by atoms with E-state index in [0.717, 1.165) is 0 Å². The van der Waals surface area contributed by atoms with Gasteiger partial charge in [0, 0.05) is 43.1 Å². The van der Waals surface area contributed by atoms with E-state index in [1.54, 1.807) is 31.0 Å². The molecule has 0 fully saturated rings. The molecule has 1 aliphatic rings. The van der Waals surface area contributed by atoms with Crippen LogP contribution in [-0.2, 0) is 10.0 Å². The number of hydrogen-bond donors (Lipinski definition) is 2. The van der Waals surface area contributed by atoms with Crippen LogP contribution in [0.1, 0.15) is 47.1 Å². The maximum absolute atomic E-state index is 13.5. The van der Waals surface area contributed by atoms with Crippen LogP contribution >= 0.6 is 0 Å². The van der Waals surface area contributed by atoms with Gasteiger partial charge < -0.3 is 20.1 Å². The lowest BCUT2D eigenvalue weighted by Gasteiger charge is -2.37. The normalized spacial score (nSPS) is 21.2. The van der Waals surface area contributed by atoms with Gasteiger partial charge in [-0.2, -0.15) is 4.31 Å². The smallest absolute Gasteiger partial charge is 0.317 e. The van der Waals surface area contributed by atoms with Gasteiger partial charge in [-0.1, -0.05) is 32.6 Å². The van der Waals surface area contributed by atoms with Crippen molar-refractivity contribution in [1.29, 1.82) is 0 Å². The van der Waals surface area contributed by atoms with Crippen molar-refractivity contribution in [2.45, 2.75) is 64.6 Å². The standard InChI is InChI=1S/C24H37N3O5S/c1-16(2)8-9-20-10-11-23-21(12-20)32-22(14-26(7)24(29)25-17(3)4)18(5)13-27(19(6)15-28)33(23,30)31/h10-12,16-19,22,28H,13-15H2,1-7H3,(H,25,29)/t18-,19+,22-/m0/s1. The fraction of sp³-hybridized carbons (Fsp3) is 0.625. The summed E-state index contributed by atoms with van der Waals surface area (Å²) in [5.41, 5.74) is 0.650. The third-order valence-corrected chi connectivity index (χ3v) is 7.40. The van der Waals surface area contributed by atoms with Crippen LogP contribution in [0.4, 0.5) is 4.79 Å². The molecule has 0 aromatic heterocycles. The number of aliphatic hydroxyl groups excluding tert-OH is 1. The monoisotopic (exact) mass is 479 g/mol. The van der Waals surface area contributed by atoms with E-state index >= 15 is 0 Å². The van der Waals surface area contributed by atoms with E-state index in [1.165, 1.54) is 10.4 Å². The Hall–Kier alpha value is -2.28. The Kier molecular flexibility index (Phi) is 9.18. The number of carbonyl (C=O) groups excluding carboxylic acids is 1. The van der Waals surface area contributed by atoms with Gasteiger partial charge in [-0.25, -0.2) is 13.2 Å². The van der Waals surface area contributed by atoms with Crippen LogP contribution < -0.4 is 10.1 Å². The highest BCUT2D eigenvalue weighted by Crippen LogP contribution is 2.34. The van der Waals surface area contributed by atoms with Crippen LogP contribution in [0.15, 0.2) is 23.1 Å². The summed E-state index contributed by atoms with van der Waals surface area (Å²) in [6.07, 6.45) is -0.469. The minimum absolute atomic E-state index is 0.00974. The second-order valence-corrected chi connectivity index (χ2v) is 11.2. The molecule has 1 aromatic rings. The number of ether oxygens (including phenoxy) is 1. The highest BCUT2D eigenvalue weighted by molar-refractivity contribution is 7.89. The van der Waals surface area contributed by atoms with Crippen molar-refractivity contribution in [3.8, 4) is 17.6 Å². The number of benzene rings is 1. The maximum Gasteiger partial charge on any atom is 0.317 e. The van der Waals surface area contributed by atoms with Crippen molar-refractivity contribution >= 4 is 16.1 Å². The molecule has 0 bridgehead atoms. The largest absolute Gasteiger partial charge is 0.487 e. The van der Waals surface area contributed by atoms with E-state index in [9.17, 15) is 18.3 Å². The summed E-state index contributed by atoms with van der Waals surface area (Å²) >= 11 is 0. The first kappa shape index (κ1) is 27.0. The molecule has 0 aliphatic carbocycles. The number of urea groups is 1. The number of likely N-dealkylation sites (N-methyl/N-ethyl adjacent to an activating group) is 1. The third kappa shape index (κ3) is 6.85. The van der Waals surface area contributed by atoms with Crippen LogP contribution in [0.25, 0.3) is 0 Å². The van der Waals surface area contributed by atoms with Gasteiger partial charge in [-0.05, 0) is 39.0 Å². The van der Waals surface area contributed by atoms with Crippen molar-refractivity contribution in [3.05, 3.63) is 23.8 Å². The lowest BCUT2D eigenvalue weighted by atomic mass is 10.0. The SMILES string of the molecule is CC(C)C#Cc1ccc2c(c1)O[C@@H](CN(C)C(=O)NC(C)C)[C@@H](C)CN([C@H](C)CO)S2(=O)=O. The Morgan fingerprint density at radius 2 is 1.97 bits per heavy atom. The number of fused-ring (bicyclic) bond motifs is 1. The minimum Gasteiger partial charge on any atom is -0.487 e. The number of amides is 2. The molecule has 0 saturated heterocycles. The number of aliphatic hydroxyl groups is 1. The summed E-state index contributed by atoms with van der Waals surface area (Å²) in [6, 6.07) is 3.97. The number of carbonyl (C=O) groups is 1. The first-order chi connectivity index (χ1) is 15.4. The zero-order chi connectivity index (χ0) is 24.9. The molecule has 2 N–H and O–H groups in total. The Morgan fingerprint density at radius 1 is 1.30 bits per heavy atom. The Bertz CT molecular complexity index is 997. The molecule has 2 amide bonds. The second-order valence-electron chi connectivity index (χ2n) is 9.31. The van der Waals surface area contributed by atoms with Gasteiger partial charge in [0.1, 0.15) is 16.7 Å². The minimum atomic E-state index is -3.91. The average molecular weight is 480 g/mol. The third-order valence-electron chi connectivity index (χ3n) is 5.38. The Morgan fingerprint density at radius 3 is 2.55 bits per heavy atom. The van der Waals surface area contributed by atoms with Crippen molar-refractivity contribution < 1.29 is 23.1 Å². The van der Waals surface area contributed by atoms with Crippen molar-refractivity contribution in [1.82, 2.24) is 14.5 Å². The van der Waals surface area contributed by atoms with Crippen LogP contribution in [0, 0.1) is 23.7 Å². The molecule has 1 aromatic carbocycles.